The first kappa shape index (κ1) is 27.3. The molecule has 3 aliphatic heterocycles. The minimum atomic E-state index is -1.25. The van der Waals surface area contributed by atoms with Gasteiger partial charge < -0.3 is 24.8 Å². The molecule has 2 amide bonds. The predicted molar refractivity (Wildman–Crippen MR) is 147 cm³/mol. The van der Waals surface area contributed by atoms with E-state index in [9.17, 15) is 19.5 Å². The molecule has 4 heterocycles. The lowest BCUT2D eigenvalue weighted by Gasteiger charge is -2.37. The Kier molecular flexibility index (Phi) is 6.82. The number of aromatic nitrogens is 3. The number of aliphatic hydroxyl groups is 1. The molecule has 3 unspecified atom stereocenters. The summed E-state index contributed by atoms with van der Waals surface area (Å²) in [6, 6.07) is 15.1. The third kappa shape index (κ3) is 4.13. The normalized spacial score (nSPS) is 30.9. The first-order chi connectivity index (χ1) is 19.7. The third-order valence-electron chi connectivity index (χ3n) is 9.28. The van der Waals surface area contributed by atoms with Crippen molar-refractivity contribution in [3.05, 3.63) is 60.2 Å². The lowest BCUT2D eigenvalue weighted by molar-refractivity contribution is -0.162. The van der Waals surface area contributed by atoms with Crippen LogP contribution in [0.2, 0.25) is 0 Å². The van der Waals surface area contributed by atoms with Crippen molar-refractivity contribution in [3.63, 3.8) is 0 Å². The maximum Gasteiger partial charge on any atom is 0.312 e. The van der Waals surface area contributed by atoms with Gasteiger partial charge in [0.25, 0.3) is 0 Å². The van der Waals surface area contributed by atoms with E-state index < -0.39 is 47.0 Å². The molecule has 11 nitrogen and oxygen atoms in total. The van der Waals surface area contributed by atoms with Gasteiger partial charge in [0.15, 0.2) is 0 Å². The van der Waals surface area contributed by atoms with Gasteiger partial charge in [0.05, 0.1) is 36.3 Å². The SMILES string of the molecule is CCOC(=O)[C@H]1[C@H]2C(=O)N([C@@H](CO)Cc3ccccc3)C(C(=O)NCn3nnc4ccccc43)C23CC(C)[C@]1(C)O3. The summed E-state index contributed by atoms with van der Waals surface area (Å²) in [4.78, 5) is 43.4. The van der Waals surface area contributed by atoms with Gasteiger partial charge in [-0.05, 0) is 50.3 Å². The van der Waals surface area contributed by atoms with Crippen LogP contribution < -0.4 is 5.32 Å². The number of nitrogens with one attached hydrogen (secondary N) is 1. The molecular formula is C30H35N5O6. The molecule has 0 aliphatic carbocycles. The van der Waals surface area contributed by atoms with E-state index >= 15 is 0 Å². The van der Waals surface area contributed by atoms with Crippen molar-refractivity contribution in [1.82, 2.24) is 25.2 Å². The van der Waals surface area contributed by atoms with Crippen LogP contribution in [0.5, 0.6) is 0 Å². The van der Waals surface area contributed by atoms with Gasteiger partial charge >= 0.3 is 5.97 Å². The number of aliphatic hydroxyl groups excluding tert-OH is 1. The highest BCUT2D eigenvalue weighted by Crippen LogP contribution is 2.65. The summed E-state index contributed by atoms with van der Waals surface area (Å²) in [6.45, 7) is 5.37. The van der Waals surface area contributed by atoms with Crippen molar-refractivity contribution in [2.24, 2.45) is 17.8 Å². The maximum atomic E-state index is 14.4. The molecule has 2 aromatic carbocycles. The second kappa shape index (κ2) is 10.2. The van der Waals surface area contributed by atoms with E-state index in [0.717, 1.165) is 11.1 Å². The summed E-state index contributed by atoms with van der Waals surface area (Å²) in [7, 11) is 0. The highest BCUT2D eigenvalue weighted by molar-refractivity contribution is 5.98. The van der Waals surface area contributed by atoms with Crippen LogP contribution in [0.1, 0.15) is 32.8 Å². The van der Waals surface area contributed by atoms with Crippen LogP contribution >= 0.6 is 0 Å². The number of fused-ring (bicyclic) bond motifs is 2. The smallest absolute Gasteiger partial charge is 0.312 e. The summed E-state index contributed by atoms with van der Waals surface area (Å²) < 4.78 is 13.7. The minimum absolute atomic E-state index is 0.0230. The second-order valence-electron chi connectivity index (χ2n) is 11.5. The Labute approximate surface area is 237 Å². The number of amides is 2. The van der Waals surface area contributed by atoms with Crippen molar-refractivity contribution in [3.8, 4) is 0 Å². The number of ether oxygens (including phenoxy) is 2. The van der Waals surface area contributed by atoms with Gasteiger partial charge in [0, 0.05) is 0 Å². The summed E-state index contributed by atoms with van der Waals surface area (Å²) in [5.74, 6) is -3.20. The fraction of sp³-hybridized carbons (Fsp3) is 0.500. The van der Waals surface area contributed by atoms with Gasteiger partial charge in [0.2, 0.25) is 11.8 Å². The Hall–Kier alpha value is -3.83. The average Bonchev–Trinajstić information content (AvgIpc) is 3.64. The van der Waals surface area contributed by atoms with Crippen molar-refractivity contribution < 1.29 is 29.0 Å². The van der Waals surface area contributed by atoms with E-state index in [1.54, 1.807) is 11.6 Å². The monoisotopic (exact) mass is 561 g/mol. The van der Waals surface area contributed by atoms with Gasteiger partial charge in [-0.2, -0.15) is 0 Å². The Morgan fingerprint density at radius 1 is 1.20 bits per heavy atom. The Morgan fingerprint density at radius 3 is 2.66 bits per heavy atom. The zero-order valence-electron chi connectivity index (χ0n) is 23.4. The fourth-order valence-corrected chi connectivity index (χ4v) is 7.38. The van der Waals surface area contributed by atoms with Crippen LogP contribution in [-0.4, -0.2) is 79.3 Å². The number of nitrogens with zero attached hydrogens (tertiary/aromatic N) is 4. The summed E-state index contributed by atoms with van der Waals surface area (Å²) >= 11 is 0. The molecule has 0 saturated carbocycles. The Balaban J connectivity index is 1.39. The summed E-state index contributed by atoms with van der Waals surface area (Å²) in [5.41, 5.74) is 0.143. The molecule has 2 bridgehead atoms. The summed E-state index contributed by atoms with van der Waals surface area (Å²) in [6.07, 6.45) is 0.750. The zero-order chi connectivity index (χ0) is 28.9. The lowest BCUT2D eigenvalue weighted by atomic mass is 9.62. The molecule has 3 saturated heterocycles. The molecule has 0 radical (unpaired) electrons. The number of rotatable bonds is 9. The van der Waals surface area contributed by atoms with Crippen molar-refractivity contribution in [2.75, 3.05) is 13.2 Å². The number of likely N-dealkylation sites (tertiary alicyclic amines) is 1. The number of carbonyl (C=O) groups excluding carboxylic acids is 3. The highest BCUT2D eigenvalue weighted by atomic mass is 16.6. The molecule has 2 N–H and O–H groups in total. The molecule has 41 heavy (non-hydrogen) atoms. The number of benzene rings is 2. The number of hydrogen-bond donors (Lipinski definition) is 2. The first-order valence-electron chi connectivity index (χ1n) is 14.1. The molecule has 3 aliphatic rings. The number of para-hydroxylation sites is 1. The van der Waals surface area contributed by atoms with E-state index in [1.807, 2.05) is 68.4 Å². The molecule has 3 aromatic rings. The van der Waals surface area contributed by atoms with Crippen LogP contribution in [0, 0.1) is 17.8 Å². The van der Waals surface area contributed by atoms with Gasteiger partial charge in [-0.3, -0.25) is 14.4 Å². The molecule has 1 aromatic heterocycles. The number of hydrogen-bond acceptors (Lipinski definition) is 8. The molecule has 216 valence electrons. The van der Waals surface area contributed by atoms with E-state index in [4.69, 9.17) is 9.47 Å². The molecule has 7 atom stereocenters. The van der Waals surface area contributed by atoms with Gasteiger partial charge in [0.1, 0.15) is 29.7 Å². The van der Waals surface area contributed by atoms with Crippen LogP contribution in [0.25, 0.3) is 11.0 Å². The van der Waals surface area contributed by atoms with E-state index in [-0.39, 0.29) is 31.7 Å². The third-order valence-corrected chi connectivity index (χ3v) is 9.28. The largest absolute Gasteiger partial charge is 0.466 e. The number of esters is 1. The van der Waals surface area contributed by atoms with Gasteiger partial charge in [-0.25, -0.2) is 4.68 Å². The fourth-order valence-electron chi connectivity index (χ4n) is 7.38. The highest BCUT2D eigenvalue weighted by Gasteiger charge is 2.80. The van der Waals surface area contributed by atoms with Crippen LogP contribution in [-0.2, 0) is 36.9 Å². The maximum absolute atomic E-state index is 14.4. The average molecular weight is 562 g/mol. The van der Waals surface area contributed by atoms with Crippen molar-refractivity contribution >= 4 is 28.8 Å². The minimum Gasteiger partial charge on any atom is -0.466 e. The van der Waals surface area contributed by atoms with Gasteiger partial charge in [-0.15, -0.1) is 5.10 Å². The molecule has 6 rings (SSSR count). The number of carbonyl (C=O) groups is 3. The Morgan fingerprint density at radius 2 is 1.93 bits per heavy atom. The topological polar surface area (TPSA) is 136 Å². The predicted octanol–water partition coefficient (Wildman–Crippen LogP) is 1.68. The van der Waals surface area contributed by atoms with Crippen molar-refractivity contribution in [1.29, 1.82) is 0 Å². The second-order valence-corrected chi connectivity index (χ2v) is 11.5. The van der Waals surface area contributed by atoms with E-state index in [0.29, 0.717) is 18.4 Å². The Bertz CT molecular complexity index is 1480. The molecular weight excluding hydrogens is 526 g/mol. The molecule has 11 heteroatoms. The van der Waals surface area contributed by atoms with Gasteiger partial charge in [-0.1, -0.05) is 54.6 Å². The van der Waals surface area contributed by atoms with E-state index in [2.05, 4.69) is 15.6 Å². The molecule has 3 fully saturated rings. The van der Waals surface area contributed by atoms with Crippen LogP contribution in [0.15, 0.2) is 54.6 Å². The zero-order valence-corrected chi connectivity index (χ0v) is 23.4. The standard InChI is InChI=1S/C30H35N5O6/c1-4-40-28(39)24-23-27(38)35(20(16-36)14-19-10-6-5-7-11-19)25(30(23)15-18(2)29(24,3)41-30)26(37)31-17-34-22-13-9-8-12-21(22)32-33-34/h5-13,18,20,23-25,36H,4,14-17H2,1-3H3,(H,31,37)/t18?,20-,23+,24-,25?,29+,30?/m1/s1. The van der Waals surface area contributed by atoms with Crippen LogP contribution in [0.3, 0.4) is 0 Å². The van der Waals surface area contributed by atoms with Crippen molar-refractivity contribution in [2.45, 2.75) is 63.6 Å². The quantitative estimate of drug-likeness (QED) is 0.377. The first-order valence-corrected chi connectivity index (χ1v) is 14.1. The summed E-state index contributed by atoms with van der Waals surface area (Å²) in [5, 5.41) is 21.8. The van der Waals surface area contributed by atoms with Crippen LogP contribution in [0.4, 0.5) is 0 Å². The molecule has 1 spiro atoms. The lowest BCUT2D eigenvalue weighted by Crippen LogP contribution is -2.58. The van der Waals surface area contributed by atoms with E-state index in [1.165, 1.54) is 4.90 Å².